The quantitative estimate of drug-likeness (QED) is 0.730. The molecule has 0 bridgehead atoms. The predicted molar refractivity (Wildman–Crippen MR) is 51.3 cm³/mol. The minimum Gasteiger partial charge on any atom is -0.325 e. The van der Waals surface area contributed by atoms with Crippen LogP contribution < -0.4 is 5.73 Å². The van der Waals surface area contributed by atoms with E-state index in [4.69, 9.17) is 5.73 Å². The molecule has 1 aromatic rings. The van der Waals surface area contributed by atoms with Gasteiger partial charge in [0, 0.05) is 24.0 Å². The highest BCUT2D eigenvalue weighted by molar-refractivity contribution is 5.48. The Bertz CT molecular complexity index is 284. The molecule has 0 aliphatic heterocycles. The maximum atomic E-state index is 5.55. The first-order chi connectivity index (χ1) is 5.72. The summed E-state index contributed by atoms with van der Waals surface area (Å²) in [5, 5.41) is 4.02. The van der Waals surface area contributed by atoms with Crippen LogP contribution in [0.4, 0.5) is 0 Å². The molecule has 1 atom stereocenters. The van der Waals surface area contributed by atoms with Gasteiger partial charge in [-0.05, 0) is 6.92 Å². The smallest absolute Gasteiger partial charge is 0.0566 e. The van der Waals surface area contributed by atoms with Gasteiger partial charge in [-0.25, -0.2) is 4.68 Å². The lowest BCUT2D eigenvalue weighted by atomic mass is 10.2. The molecule has 0 saturated carbocycles. The highest BCUT2D eigenvalue weighted by atomic mass is 15.2. The molecule has 3 nitrogen and oxygen atoms in total. The predicted octanol–water partition coefficient (Wildman–Crippen LogP) is 1.34. The molecular formula is C9H13N3. The van der Waals surface area contributed by atoms with E-state index in [1.165, 1.54) is 0 Å². The molecule has 64 valence electrons. The lowest BCUT2D eigenvalue weighted by molar-refractivity contribution is 0.930. The Morgan fingerprint density at radius 2 is 2.50 bits per heavy atom. The van der Waals surface area contributed by atoms with E-state index in [9.17, 15) is 0 Å². The summed E-state index contributed by atoms with van der Waals surface area (Å²) in [5.41, 5.74) is 6.58. The van der Waals surface area contributed by atoms with Crippen LogP contribution in [0.1, 0.15) is 12.5 Å². The van der Waals surface area contributed by atoms with Gasteiger partial charge >= 0.3 is 0 Å². The van der Waals surface area contributed by atoms with Gasteiger partial charge in [0.15, 0.2) is 0 Å². The summed E-state index contributed by atoms with van der Waals surface area (Å²) >= 11 is 0. The number of nitrogens with zero attached hydrogens (tertiary/aromatic N) is 2. The van der Waals surface area contributed by atoms with E-state index in [0.717, 1.165) is 5.56 Å². The summed E-state index contributed by atoms with van der Waals surface area (Å²) < 4.78 is 1.65. The summed E-state index contributed by atoms with van der Waals surface area (Å²) in [6, 6.07) is 0.0806. The van der Waals surface area contributed by atoms with E-state index in [1.54, 1.807) is 17.1 Å². The standard InChI is InChI=1S/C9H13N3/c1-3-12-7-9(6-11-12)5-4-8(2)10/h3-8H,1,10H2,2H3/b5-4+. The van der Waals surface area contributed by atoms with Gasteiger partial charge in [0.05, 0.1) is 6.20 Å². The van der Waals surface area contributed by atoms with E-state index in [0.29, 0.717) is 0 Å². The van der Waals surface area contributed by atoms with Crippen molar-refractivity contribution in [1.29, 1.82) is 0 Å². The van der Waals surface area contributed by atoms with Crippen molar-refractivity contribution in [2.75, 3.05) is 0 Å². The average Bonchev–Trinajstić information content (AvgIpc) is 2.48. The minimum absolute atomic E-state index is 0.0806. The molecule has 0 saturated heterocycles. The fourth-order valence-electron chi connectivity index (χ4n) is 0.802. The van der Waals surface area contributed by atoms with Gasteiger partial charge in [-0.2, -0.15) is 5.10 Å². The monoisotopic (exact) mass is 163 g/mol. The first-order valence-corrected chi connectivity index (χ1v) is 3.83. The number of hydrogen-bond acceptors (Lipinski definition) is 2. The van der Waals surface area contributed by atoms with Crippen LogP contribution in [-0.4, -0.2) is 15.8 Å². The van der Waals surface area contributed by atoms with Crippen molar-refractivity contribution in [3.8, 4) is 0 Å². The normalized spacial score (nSPS) is 13.5. The van der Waals surface area contributed by atoms with Crippen molar-refractivity contribution >= 4 is 12.3 Å². The molecule has 1 aromatic heterocycles. The Morgan fingerprint density at radius 3 is 3.00 bits per heavy atom. The highest BCUT2D eigenvalue weighted by Gasteiger charge is 1.90. The number of nitrogens with two attached hydrogens (primary N) is 1. The van der Waals surface area contributed by atoms with Crippen LogP contribution in [-0.2, 0) is 0 Å². The van der Waals surface area contributed by atoms with Gasteiger partial charge < -0.3 is 5.73 Å². The third-order valence-electron chi connectivity index (χ3n) is 1.40. The van der Waals surface area contributed by atoms with Crippen molar-refractivity contribution in [3.05, 3.63) is 30.6 Å². The van der Waals surface area contributed by atoms with Gasteiger partial charge in [0.25, 0.3) is 0 Å². The zero-order valence-corrected chi connectivity index (χ0v) is 7.14. The summed E-state index contributed by atoms with van der Waals surface area (Å²) in [7, 11) is 0. The van der Waals surface area contributed by atoms with E-state index in [-0.39, 0.29) is 6.04 Å². The molecule has 0 aromatic carbocycles. The average molecular weight is 163 g/mol. The Kier molecular flexibility index (Phi) is 2.82. The van der Waals surface area contributed by atoms with Crippen molar-refractivity contribution in [2.24, 2.45) is 5.73 Å². The van der Waals surface area contributed by atoms with Crippen LogP contribution >= 0.6 is 0 Å². The Morgan fingerprint density at radius 1 is 1.75 bits per heavy atom. The molecule has 1 rings (SSSR count). The van der Waals surface area contributed by atoms with Crippen LogP contribution in [0.25, 0.3) is 12.3 Å². The lowest BCUT2D eigenvalue weighted by Gasteiger charge is -1.91. The summed E-state index contributed by atoms with van der Waals surface area (Å²) in [6.07, 6.45) is 9.15. The largest absolute Gasteiger partial charge is 0.325 e. The molecular weight excluding hydrogens is 150 g/mol. The van der Waals surface area contributed by atoms with Crippen molar-refractivity contribution in [1.82, 2.24) is 9.78 Å². The first kappa shape index (κ1) is 8.74. The molecule has 0 amide bonds. The zero-order valence-electron chi connectivity index (χ0n) is 7.14. The fourth-order valence-corrected chi connectivity index (χ4v) is 0.802. The van der Waals surface area contributed by atoms with Crippen LogP contribution in [0, 0.1) is 0 Å². The Labute approximate surface area is 72.2 Å². The molecule has 0 spiro atoms. The molecule has 0 radical (unpaired) electrons. The number of aromatic nitrogens is 2. The van der Waals surface area contributed by atoms with Crippen molar-refractivity contribution < 1.29 is 0 Å². The second-order valence-electron chi connectivity index (χ2n) is 2.65. The fraction of sp³-hybridized carbons (Fsp3) is 0.222. The van der Waals surface area contributed by atoms with Crippen LogP contribution in [0.2, 0.25) is 0 Å². The minimum atomic E-state index is 0.0806. The van der Waals surface area contributed by atoms with Crippen LogP contribution in [0.3, 0.4) is 0 Å². The van der Waals surface area contributed by atoms with Gasteiger partial charge in [0.1, 0.15) is 0 Å². The van der Waals surface area contributed by atoms with Gasteiger partial charge in [-0.3, -0.25) is 0 Å². The summed E-state index contributed by atoms with van der Waals surface area (Å²) in [6.45, 7) is 5.52. The maximum Gasteiger partial charge on any atom is 0.0566 e. The zero-order chi connectivity index (χ0) is 8.97. The summed E-state index contributed by atoms with van der Waals surface area (Å²) in [4.78, 5) is 0. The van der Waals surface area contributed by atoms with Gasteiger partial charge in [-0.15, -0.1) is 0 Å². The Balaban J connectivity index is 2.70. The first-order valence-electron chi connectivity index (χ1n) is 3.83. The van der Waals surface area contributed by atoms with Crippen molar-refractivity contribution in [3.63, 3.8) is 0 Å². The molecule has 3 heteroatoms. The second kappa shape index (κ2) is 3.88. The second-order valence-corrected chi connectivity index (χ2v) is 2.65. The van der Waals surface area contributed by atoms with E-state index < -0.39 is 0 Å². The Hall–Kier alpha value is -1.35. The third kappa shape index (κ3) is 2.36. The highest BCUT2D eigenvalue weighted by Crippen LogP contribution is 2.00. The van der Waals surface area contributed by atoms with Crippen LogP contribution in [0.15, 0.2) is 25.0 Å². The topological polar surface area (TPSA) is 43.8 Å². The molecule has 0 fully saturated rings. The summed E-state index contributed by atoms with van der Waals surface area (Å²) in [5.74, 6) is 0. The van der Waals surface area contributed by atoms with E-state index in [1.807, 2.05) is 25.3 Å². The molecule has 12 heavy (non-hydrogen) atoms. The molecule has 1 heterocycles. The van der Waals surface area contributed by atoms with Gasteiger partial charge in [0.2, 0.25) is 0 Å². The number of rotatable bonds is 3. The van der Waals surface area contributed by atoms with Crippen LogP contribution in [0.5, 0.6) is 0 Å². The maximum absolute atomic E-state index is 5.55. The van der Waals surface area contributed by atoms with Crippen molar-refractivity contribution in [2.45, 2.75) is 13.0 Å². The number of hydrogen-bond donors (Lipinski definition) is 1. The molecule has 0 aliphatic rings. The van der Waals surface area contributed by atoms with Gasteiger partial charge in [-0.1, -0.05) is 18.7 Å². The molecule has 0 aliphatic carbocycles. The van der Waals surface area contributed by atoms with E-state index >= 15 is 0 Å². The molecule has 2 N–H and O–H groups in total. The SMILES string of the molecule is C=Cn1cc(/C=C/C(C)N)cn1. The third-order valence-corrected chi connectivity index (χ3v) is 1.40. The lowest BCUT2D eigenvalue weighted by Crippen LogP contribution is -2.09. The molecule has 1 unspecified atom stereocenters. The van der Waals surface area contributed by atoms with E-state index in [2.05, 4.69) is 11.7 Å².